The Hall–Kier alpha value is -3.11. The van der Waals surface area contributed by atoms with E-state index in [1.807, 2.05) is 54.6 Å². The Morgan fingerprint density at radius 1 is 1.10 bits per heavy atom. The van der Waals surface area contributed by atoms with Crippen LogP contribution in [0.15, 0.2) is 58.9 Å². The molecule has 3 aromatic rings. The molecular weight excluding hydrogens is 410 g/mol. The number of urea groups is 1. The fraction of sp³-hybridized carbons (Fsp3) is 0.158. The van der Waals surface area contributed by atoms with Crippen molar-refractivity contribution in [2.75, 3.05) is 18.2 Å². The standard InChI is InChI=1S/C19H19N5O3S2/c1-27-15-9-5-8-14(10-15)21-18-23-24-19(29-18)28-12-16(25)22-17(26)20-11-13-6-3-2-4-7-13/h2-10H,11-12H2,1H3,(H,21,23)(H2,20,22,25,26). The lowest BCUT2D eigenvalue weighted by molar-refractivity contribution is -0.117. The van der Waals surface area contributed by atoms with E-state index in [0.29, 0.717) is 16.0 Å². The van der Waals surface area contributed by atoms with E-state index in [-0.39, 0.29) is 5.75 Å². The number of imide groups is 1. The highest BCUT2D eigenvalue weighted by Gasteiger charge is 2.11. The predicted molar refractivity (Wildman–Crippen MR) is 114 cm³/mol. The zero-order valence-electron chi connectivity index (χ0n) is 15.5. The summed E-state index contributed by atoms with van der Waals surface area (Å²) in [6.45, 7) is 0.350. The number of benzene rings is 2. The number of carbonyl (C=O) groups is 2. The summed E-state index contributed by atoms with van der Waals surface area (Å²) in [5.74, 6) is 0.390. The van der Waals surface area contributed by atoms with Crippen LogP contribution >= 0.6 is 23.1 Å². The first-order valence-corrected chi connectivity index (χ1v) is 10.4. The van der Waals surface area contributed by atoms with Crippen LogP contribution < -0.4 is 20.7 Å². The minimum atomic E-state index is -0.530. The number of ether oxygens (including phenoxy) is 1. The average Bonchev–Trinajstić information content (AvgIpc) is 3.19. The van der Waals surface area contributed by atoms with E-state index in [9.17, 15) is 9.59 Å². The van der Waals surface area contributed by atoms with E-state index in [0.717, 1.165) is 17.0 Å². The molecule has 0 aliphatic carbocycles. The number of aromatic nitrogens is 2. The molecule has 10 heteroatoms. The minimum Gasteiger partial charge on any atom is -0.497 e. The van der Waals surface area contributed by atoms with E-state index in [2.05, 4.69) is 26.1 Å². The number of methoxy groups -OCH3 is 1. The van der Waals surface area contributed by atoms with Gasteiger partial charge in [0, 0.05) is 18.3 Å². The van der Waals surface area contributed by atoms with Gasteiger partial charge in [0.1, 0.15) is 5.75 Å². The van der Waals surface area contributed by atoms with Crippen molar-refractivity contribution < 1.29 is 14.3 Å². The Morgan fingerprint density at radius 2 is 1.93 bits per heavy atom. The second-order valence-corrected chi connectivity index (χ2v) is 7.94. The van der Waals surface area contributed by atoms with Gasteiger partial charge in [0.15, 0.2) is 4.34 Å². The van der Waals surface area contributed by atoms with Crippen LogP contribution in [0.5, 0.6) is 5.75 Å². The molecule has 3 N–H and O–H groups in total. The van der Waals surface area contributed by atoms with Crippen LogP contribution in [0, 0.1) is 0 Å². The molecule has 29 heavy (non-hydrogen) atoms. The molecule has 0 aliphatic rings. The molecular formula is C19H19N5O3S2. The molecule has 1 heterocycles. The van der Waals surface area contributed by atoms with Crippen LogP contribution in [0.4, 0.5) is 15.6 Å². The van der Waals surface area contributed by atoms with E-state index >= 15 is 0 Å². The van der Waals surface area contributed by atoms with Gasteiger partial charge in [0.25, 0.3) is 0 Å². The summed E-state index contributed by atoms with van der Waals surface area (Å²) in [6, 6.07) is 16.4. The van der Waals surface area contributed by atoms with Gasteiger partial charge in [0.2, 0.25) is 11.0 Å². The molecule has 0 atom stereocenters. The Bertz CT molecular complexity index is 965. The molecule has 0 bridgehead atoms. The van der Waals surface area contributed by atoms with E-state index in [1.54, 1.807) is 7.11 Å². The first-order chi connectivity index (χ1) is 14.1. The van der Waals surface area contributed by atoms with Gasteiger partial charge < -0.3 is 15.4 Å². The quantitative estimate of drug-likeness (QED) is 0.471. The molecule has 8 nitrogen and oxygen atoms in total. The number of anilines is 2. The zero-order valence-corrected chi connectivity index (χ0v) is 17.2. The Morgan fingerprint density at radius 3 is 2.72 bits per heavy atom. The summed E-state index contributed by atoms with van der Waals surface area (Å²) >= 11 is 2.53. The normalized spacial score (nSPS) is 10.2. The van der Waals surface area contributed by atoms with Crippen LogP contribution in [0.2, 0.25) is 0 Å². The van der Waals surface area contributed by atoms with Crippen molar-refractivity contribution in [3.05, 3.63) is 60.2 Å². The monoisotopic (exact) mass is 429 g/mol. The number of rotatable bonds is 8. The highest BCUT2D eigenvalue weighted by atomic mass is 32.2. The molecule has 0 unspecified atom stereocenters. The maximum Gasteiger partial charge on any atom is 0.321 e. The van der Waals surface area contributed by atoms with Gasteiger partial charge in [-0.05, 0) is 17.7 Å². The third kappa shape index (κ3) is 6.77. The highest BCUT2D eigenvalue weighted by molar-refractivity contribution is 8.01. The first-order valence-electron chi connectivity index (χ1n) is 8.61. The van der Waals surface area contributed by atoms with E-state index in [4.69, 9.17) is 4.74 Å². The van der Waals surface area contributed by atoms with Crippen LogP contribution in [-0.2, 0) is 11.3 Å². The zero-order chi connectivity index (χ0) is 20.5. The third-order valence-corrected chi connectivity index (χ3v) is 5.58. The summed E-state index contributed by atoms with van der Waals surface area (Å²) in [5.41, 5.74) is 1.78. The van der Waals surface area contributed by atoms with Crippen LogP contribution in [0.3, 0.4) is 0 Å². The van der Waals surface area contributed by atoms with Crippen LogP contribution in [0.25, 0.3) is 0 Å². The largest absolute Gasteiger partial charge is 0.497 e. The van der Waals surface area contributed by atoms with Crippen molar-refractivity contribution in [2.45, 2.75) is 10.9 Å². The smallest absolute Gasteiger partial charge is 0.321 e. The lowest BCUT2D eigenvalue weighted by Crippen LogP contribution is -2.39. The number of thioether (sulfide) groups is 1. The number of hydrogen-bond acceptors (Lipinski definition) is 8. The van der Waals surface area contributed by atoms with E-state index in [1.165, 1.54) is 23.1 Å². The number of carbonyl (C=O) groups excluding carboxylic acids is 2. The van der Waals surface area contributed by atoms with Crippen molar-refractivity contribution in [1.82, 2.24) is 20.8 Å². The molecule has 0 saturated heterocycles. The Balaban J connectivity index is 1.41. The minimum absolute atomic E-state index is 0.0621. The Kier molecular flexibility index (Phi) is 7.42. The van der Waals surface area contributed by atoms with Crippen LogP contribution in [-0.4, -0.2) is 35.0 Å². The van der Waals surface area contributed by atoms with Gasteiger partial charge in [-0.15, -0.1) is 10.2 Å². The maximum absolute atomic E-state index is 11.9. The second-order valence-electron chi connectivity index (χ2n) is 5.74. The SMILES string of the molecule is COc1cccc(Nc2nnc(SCC(=O)NC(=O)NCc3ccccc3)s2)c1. The van der Waals surface area contributed by atoms with E-state index < -0.39 is 11.9 Å². The molecule has 2 aromatic carbocycles. The highest BCUT2D eigenvalue weighted by Crippen LogP contribution is 2.28. The Labute approximate surface area is 176 Å². The lowest BCUT2D eigenvalue weighted by Gasteiger charge is -2.06. The number of hydrogen-bond donors (Lipinski definition) is 3. The number of nitrogens with zero attached hydrogens (tertiary/aromatic N) is 2. The molecule has 0 fully saturated rings. The van der Waals surface area contributed by atoms with Crippen molar-refractivity contribution in [2.24, 2.45) is 0 Å². The van der Waals surface area contributed by atoms with Crippen molar-refractivity contribution in [3.8, 4) is 5.75 Å². The maximum atomic E-state index is 11.9. The molecule has 3 amide bonds. The second kappa shape index (κ2) is 10.4. The summed E-state index contributed by atoms with van der Waals surface area (Å²) in [6.07, 6.45) is 0. The van der Waals surface area contributed by atoms with Gasteiger partial charge in [-0.3, -0.25) is 10.1 Å². The van der Waals surface area contributed by atoms with Gasteiger partial charge >= 0.3 is 6.03 Å². The molecule has 0 aliphatic heterocycles. The van der Waals surface area contributed by atoms with Crippen molar-refractivity contribution >= 4 is 45.9 Å². The third-order valence-electron chi connectivity index (χ3n) is 3.60. The summed E-state index contributed by atoms with van der Waals surface area (Å²) in [5, 5.41) is 16.8. The fourth-order valence-corrected chi connectivity index (χ4v) is 3.83. The van der Waals surface area contributed by atoms with Gasteiger partial charge in [-0.1, -0.05) is 59.5 Å². The van der Waals surface area contributed by atoms with Gasteiger partial charge in [-0.2, -0.15) is 0 Å². The van der Waals surface area contributed by atoms with Crippen molar-refractivity contribution in [1.29, 1.82) is 0 Å². The fourth-order valence-electron chi connectivity index (χ4n) is 2.26. The van der Waals surface area contributed by atoms with Crippen LogP contribution in [0.1, 0.15) is 5.56 Å². The molecule has 0 spiro atoms. The van der Waals surface area contributed by atoms with Gasteiger partial charge in [0.05, 0.1) is 12.9 Å². The topological polar surface area (TPSA) is 105 Å². The predicted octanol–water partition coefficient (Wildman–Crippen LogP) is 3.41. The molecule has 0 radical (unpaired) electrons. The first kappa shape index (κ1) is 20.6. The number of nitrogens with one attached hydrogen (secondary N) is 3. The average molecular weight is 430 g/mol. The summed E-state index contributed by atoms with van der Waals surface area (Å²) in [4.78, 5) is 23.7. The molecule has 3 rings (SSSR count). The summed E-state index contributed by atoms with van der Waals surface area (Å²) in [7, 11) is 1.60. The number of amides is 3. The van der Waals surface area contributed by atoms with Crippen molar-refractivity contribution in [3.63, 3.8) is 0 Å². The molecule has 150 valence electrons. The summed E-state index contributed by atoms with van der Waals surface area (Å²) < 4.78 is 5.80. The lowest BCUT2D eigenvalue weighted by atomic mass is 10.2. The molecule has 0 saturated carbocycles. The molecule has 1 aromatic heterocycles. The van der Waals surface area contributed by atoms with Gasteiger partial charge in [-0.25, -0.2) is 4.79 Å².